The van der Waals surface area contributed by atoms with Crippen LogP contribution in [0.3, 0.4) is 0 Å². The van der Waals surface area contributed by atoms with Gasteiger partial charge in [-0.05, 0) is 42.7 Å². The van der Waals surface area contributed by atoms with E-state index >= 15 is 0 Å². The average Bonchev–Trinajstić information content (AvgIpc) is 3.03. The lowest BCUT2D eigenvalue weighted by Gasteiger charge is -2.19. The largest absolute Gasteiger partial charge is 0.368 e. The van der Waals surface area contributed by atoms with Crippen LogP contribution in [0.4, 0.5) is 21.7 Å². The van der Waals surface area contributed by atoms with Crippen LogP contribution in [0.25, 0.3) is 10.9 Å². The minimum atomic E-state index is -0.829. The van der Waals surface area contributed by atoms with E-state index in [1.165, 1.54) is 0 Å². The first-order valence-corrected chi connectivity index (χ1v) is 9.54. The summed E-state index contributed by atoms with van der Waals surface area (Å²) in [6, 6.07) is 7.74. The highest BCUT2D eigenvalue weighted by atomic mass is 19.1. The van der Waals surface area contributed by atoms with E-state index in [4.69, 9.17) is 11.5 Å². The molecule has 0 saturated carbocycles. The number of rotatable bonds is 8. The molecule has 2 aromatic heterocycles. The molecule has 0 saturated heterocycles. The number of pyridine rings is 1. The van der Waals surface area contributed by atoms with Crippen molar-refractivity contribution in [3.8, 4) is 0 Å². The van der Waals surface area contributed by atoms with Gasteiger partial charge in [0.05, 0.1) is 5.56 Å². The van der Waals surface area contributed by atoms with Gasteiger partial charge < -0.3 is 26.7 Å². The zero-order valence-corrected chi connectivity index (χ0v) is 17.1. The third-order valence-electron chi connectivity index (χ3n) is 4.75. The quantitative estimate of drug-likeness (QED) is 0.452. The molecule has 2 amide bonds. The van der Waals surface area contributed by atoms with E-state index in [9.17, 15) is 14.0 Å². The molecule has 3 aromatic rings. The van der Waals surface area contributed by atoms with Crippen LogP contribution in [0.15, 0.2) is 36.5 Å². The number of carbonyl (C=O) groups is 2. The van der Waals surface area contributed by atoms with Crippen LogP contribution in [0, 0.1) is 11.7 Å². The zero-order chi connectivity index (χ0) is 22.0. The Kier molecular flexibility index (Phi) is 5.91. The number of benzene rings is 1. The van der Waals surface area contributed by atoms with E-state index in [0.717, 1.165) is 17.0 Å². The summed E-state index contributed by atoms with van der Waals surface area (Å²) in [6.45, 7) is 3.84. The number of carbonyl (C=O) groups excluding carboxylic acids is 2. The van der Waals surface area contributed by atoms with Gasteiger partial charge in [-0.15, -0.1) is 0 Å². The number of fused-ring (bicyclic) bond motifs is 1. The van der Waals surface area contributed by atoms with Crippen LogP contribution in [0.2, 0.25) is 0 Å². The van der Waals surface area contributed by atoms with Crippen molar-refractivity contribution in [2.75, 3.05) is 10.6 Å². The zero-order valence-electron chi connectivity index (χ0n) is 17.1. The standard InChI is InChI=1S/C21H25FN6O2/c1-11(2)8-16(19(24)30)26-21-15(22)10-14(18(23)29)20(27-21)25-13-4-5-17-12(9-13)6-7-28(17)3/h4-7,9-11,16H,8H2,1-3H3,(H2,23,29)(H2,24,30)(H2,25,26,27). The normalized spacial score (nSPS) is 12.2. The van der Waals surface area contributed by atoms with Crippen LogP contribution in [0.1, 0.15) is 30.6 Å². The molecule has 9 heteroatoms. The first-order chi connectivity index (χ1) is 14.2. The fourth-order valence-electron chi connectivity index (χ4n) is 3.25. The number of primary amides is 2. The van der Waals surface area contributed by atoms with Crippen molar-refractivity contribution >= 4 is 40.0 Å². The highest BCUT2D eigenvalue weighted by molar-refractivity contribution is 5.99. The fourth-order valence-corrected chi connectivity index (χ4v) is 3.25. The van der Waals surface area contributed by atoms with Crippen LogP contribution in [-0.4, -0.2) is 27.4 Å². The van der Waals surface area contributed by atoms with Gasteiger partial charge in [0.25, 0.3) is 5.91 Å². The lowest BCUT2D eigenvalue weighted by atomic mass is 10.0. The summed E-state index contributed by atoms with van der Waals surface area (Å²) >= 11 is 0. The molecule has 0 spiro atoms. The first kappa shape index (κ1) is 21.1. The minimum absolute atomic E-state index is 0.0782. The predicted molar refractivity (Wildman–Crippen MR) is 115 cm³/mol. The second kappa shape index (κ2) is 8.40. The monoisotopic (exact) mass is 412 g/mol. The Balaban J connectivity index is 1.97. The van der Waals surface area contributed by atoms with Gasteiger partial charge in [-0.2, -0.15) is 0 Å². The molecule has 30 heavy (non-hydrogen) atoms. The molecule has 1 aromatic carbocycles. The van der Waals surface area contributed by atoms with E-state index in [0.29, 0.717) is 12.1 Å². The Labute approximate surface area is 173 Å². The van der Waals surface area contributed by atoms with E-state index < -0.39 is 23.7 Å². The maximum Gasteiger partial charge on any atom is 0.252 e. The van der Waals surface area contributed by atoms with Gasteiger partial charge in [0.1, 0.15) is 11.9 Å². The number of anilines is 3. The molecule has 8 nitrogen and oxygen atoms in total. The molecule has 0 aliphatic heterocycles. The molecule has 158 valence electrons. The van der Waals surface area contributed by atoms with Crippen molar-refractivity contribution in [1.82, 2.24) is 9.55 Å². The maximum absolute atomic E-state index is 14.6. The molecule has 0 aliphatic rings. The van der Waals surface area contributed by atoms with Crippen molar-refractivity contribution < 1.29 is 14.0 Å². The predicted octanol–water partition coefficient (Wildman–Crippen LogP) is 2.87. The molecule has 3 rings (SSSR count). The Hall–Kier alpha value is -3.62. The first-order valence-electron chi connectivity index (χ1n) is 9.54. The van der Waals surface area contributed by atoms with Crippen LogP contribution in [-0.2, 0) is 11.8 Å². The van der Waals surface area contributed by atoms with Crippen molar-refractivity contribution in [2.45, 2.75) is 26.3 Å². The molecule has 0 radical (unpaired) electrons. The summed E-state index contributed by atoms with van der Waals surface area (Å²) < 4.78 is 16.6. The van der Waals surface area contributed by atoms with Crippen LogP contribution >= 0.6 is 0 Å². The third kappa shape index (κ3) is 4.51. The third-order valence-corrected chi connectivity index (χ3v) is 4.75. The molecule has 1 atom stereocenters. The summed E-state index contributed by atoms with van der Waals surface area (Å²) in [5, 5.41) is 6.75. The SMILES string of the molecule is CC(C)CC(Nc1nc(Nc2ccc3c(ccn3C)c2)c(C(N)=O)cc1F)C(N)=O. The molecule has 6 N–H and O–H groups in total. The Bertz CT molecular complexity index is 1110. The molecule has 0 fully saturated rings. The summed E-state index contributed by atoms with van der Waals surface area (Å²) in [7, 11) is 1.94. The van der Waals surface area contributed by atoms with Crippen molar-refractivity contribution in [2.24, 2.45) is 24.4 Å². The Morgan fingerprint density at radius 2 is 1.90 bits per heavy atom. The Morgan fingerprint density at radius 1 is 1.17 bits per heavy atom. The second-order valence-electron chi connectivity index (χ2n) is 7.63. The molecule has 1 unspecified atom stereocenters. The minimum Gasteiger partial charge on any atom is -0.368 e. The van der Waals surface area contributed by atoms with Crippen LogP contribution < -0.4 is 22.1 Å². The van der Waals surface area contributed by atoms with E-state index in [2.05, 4.69) is 15.6 Å². The highest BCUT2D eigenvalue weighted by Crippen LogP contribution is 2.27. The average molecular weight is 412 g/mol. The smallest absolute Gasteiger partial charge is 0.252 e. The summed E-state index contributed by atoms with van der Waals surface area (Å²) in [6.07, 6.45) is 2.33. The number of hydrogen-bond acceptors (Lipinski definition) is 5. The molecular formula is C21H25FN6O2. The fraction of sp³-hybridized carbons (Fsp3) is 0.286. The number of nitrogens with one attached hydrogen (secondary N) is 2. The maximum atomic E-state index is 14.6. The highest BCUT2D eigenvalue weighted by Gasteiger charge is 2.22. The summed E-state index contributed by atoms with van der Waals surface area (Å²) in [5.41, 5.74) is 12.4. The van der Waals surface area contributed by atoms with Crippen molar-refractivity contribution in [1.29, 1.82) is 0 Å². The lowest BCUT2D eigenvalue weighted by molar-refractivity contribution is -0.119. The van der Waals surface area contributed by atoms with Gasteiger partial charge in [0, 0.05) is 29.8 Å². The number of aromatic nitrogens is 2. The van der Waals surface area contributed by atoms with Gasteiger partial charge in [0.15, 0.2) is 11.6 Å². The van der Waals surface area contributed by atoms with E-state index in [1.807, 2.05) is 55.9 Å². The van der Waals surface area contributed by atoms with Crippen molar-refractivity contribution in [3.63, 3.8) is 0 Å². The van der Waals surface area contributed by atoms with Crippen LogP contribution in [0.5, 0.6) is 0 Å². The molecule has 0 aliphatic carbocycles. The lowest BCUT2D eigenvalue weighted by Crippen LogP contribution is -2.37. The number of hydrogen-bond donors (Lipinski definition) is 4. The Morgan fingerprint density at radius 3 is 2.53 bits per heavy atom. The summed E-state index contributed by atoms with van der Waals surface area (Å²) in [5.74, 6) is -2.21. The number of nitrogens with two attached hydrogens (primary N) is 2. The van der Waals surface area contributed by atoms with Gasteiger partial charge in [0.2, 0.25) is 5.91 Å². The number of halogens is 1. The van der Waals surface area contributed by atoms with Crippen molar-refractivity contribution in [3.05, 3.63) is 47.9 Å². The van der Waals surface area contributed by atoms with Gasteiger partial charge in [-0.1, -0.05) is 13.8 Å². The number of nitrogens with zero attached hydrogens (tertiary/aromatic N) is 2. The van der Waals surface area contributed by atoms with E-state index in [1.54, 1.807) is 0 Å². The molecule has 0 bridgehead atoms. The van der Waals surface area contributed by atoms with Gasteiger partial charge in [-0.25, -0.2) is 9.37 Å². The van der Waals surface area contributed by atoms with E-state index in [-0.39, 0.29) is 23.1 Å². The number of amides is 2. The molecule has 2 heterocycles. The van der Waals surface area contributed by atoms with Gasteiger partial charge in [-0.3, -0.25) is 9.59 Å². The van der Waals surface area contributed by atoms with Gasteiger partial charge >= 0.3 is 0 Å². The topological polar surface area (TPSA) is 128 Å². The molecular weight excluding hydrogens is 387 g/mol. The summed E-state index contributed by atoms with van der Waals surface area (Å²) in [4.78, 5) is 27.8. The second-order valence-corrected chi connectivity index (χ2v) is 7.63. The number of aryl methyl sites for hydroxylation is 1.